The van der Waals surface area contributed by atoms with E-state index in [-0.39, 0.29) is 5.97 Å². The molecule has 0 saturated heterocycles. The Morgan fingerprint density at radius 2 is 1.31 bits per heavy atom. The van der Waals surface area contributed by atoms with Crippen molar-refractivity contribution in [2.75, 3.05) is 6.61 Å². The number of carbonyl (C=O) groups excluding carboxylic acids is 2. The van der Waals surface area contributed by atoms with Crippen molar-refractivity contribution in [3.8, 4) is 5.75 Å². The molecule has 2 rings (SSSR count). The lowest BCUT2D eigenvalue weighted by atomic mass is 10.0. The van der Waals surface area contributed by atoms with E-state index in [0.717, 1.165) is 12.8 Å². The predicted molar refractivity (Wildman–Crippen MR) is 116 cm³/mol. The van der Waals surface area contributed by atoms with Crippen molar-refractivity contribution in [2.24, 2.45) is 0 Å². The van der Waals surface area contributed by atoms with Crippen LogP contribution in [0.4, 0.5) is 0 Å². The molecule has 4 nitrogen and oxygen atoms in total. The lowest BCUT2D eigenvalue weighted by Gasteiger charge is -2.08. The third-order valence-corrected chi connectivity index (χ3v) is 4.84. The molecule has 0 unspecified atom stereocenters. The molecule has 0 bridgehead atoms. The first-order valence-electron chi connectivity index (χ1n) is 10.6. The third-order valence-electron chi connectivity index (χ3n) is 4.84. The summed E-state index contributed by atoms with van der Waals surface area (Å²) in [5.41, 5.74) is 2.02. The molecule has 4 heteroatoms. The van der Waals surface area contributed by atoms with Crippen LogP contribution in [0.5, 0.6) is 5.75 Å². The molecule has 156 valence electrons. The fourth-order valence-electron chi connectivity index (χ4n) is 2.96. The number of esters is 2. The van der Waals surface area contributed by atoms with E-state index in [1.54, 1.807) is 36.4 Å². The smallest absolute Gasteiger partial charge is 0.343 e. The lowest BCUT2D eigenvalue weighted by Crippen LogP contribution is -2.10. The van der Waals surface area contributed by atoms with Crippen LogP contribution in [0.15, 0.2) is 48.5 Å². The molecule has 0 fully saturated rings. The van der Waals surface area contributed by atoms with Crippen molar-refractivity contribution in [2.45, 2.75) is 65.2 Å². The van der Waals surface area contributed by atoms with Crippen LogP contribution in [-0.4, -0.2) is 18.5 Å². The summed E-state index contributed by atoms with van der Waals surface area (Å²) in [7, 11) is 0. The highest BCUT2D eigenvalue weighted by Gasteiger charge is 2.12. The molecule has 0 aliphatic heterocycles. The minimum atomic E-state index is -0.450. The minimum Gasteiger partial charge on any atom is -0.462 e. The highest BCUT2D eigenvalue weighted by Crippen LogP contribution is 2.19. The largest absolute Gasteiger partial charge is 0.462 e. The zero-order chi connectivity index (χ0) is 21.1. The number of unbranched alkanes of at least 4 members (excludes halogenated alkanes) is 5. The maximum Gasteiger partial charge on any atom is 0.343 e. The second-order valence-corrected chi connectivity index (χ2v) is 7.59. The predicted octanol–water partition coefficient (Wildman–Crippen LogP) is 6.55. The van der Waals surface area contributed by atoms with Gasteiger partial charge >= 0.3 is 11.9 Å². The lowest BCUT2D eigenvalue weighted by molar-refractivity contribution is 0.0497. The van der Waals surface area contributed by atoms with Gasteiger partial charge in [-0.3, -0.25) is 0 Å². The van der Waals surface area contributed by atoms with Crippen LogP contribution in [0.25, 0.3) is 0 Å². The Morgan fingerprint density at radius 1 is 0.759 bits per heavy atom. The molecule has 2 aromatic carbocycles. The number of hydrogen-bond acceptors (Lipinski definition) is 4. The van der Waals surface area contributed by atoms with Gasteiger partial charge in [0.05, 0.1) is 17.7 Å². The molecular weight excluding hydrogens is 364 g/mol. The molecule has 0 spiro atoms. The quantitative estimate of drug-likeness (QED) is 0.246. The molecule has 0 amide bonds. The maximum atomic E-state index is 12.3. The van der Waals surface area contributed by atoms with Gasteiger partial charge < -0.3 is 9.47 Å². The number of ether oxygens (including phenoxy) is 2. The van der Waals surface area contributed by atoms with Gasteiger partial charge in [0.2, 0.25) is 0 Å². The second-order valence-electron chi connectivity index (χ2n) is 7.59. The zero-order valence-corrected chi connectivity index (χ0v) is 17.8. The first-order chi connectivity index (χ1) is 14.0. The number of rotatable bonds is 11. The average molecular weight is 397 g/mol. The highest BCUT2D eigenvalue weighted by molar-refractivity contribution is 5.94. The van der Waals surface area contributed by atoms with E-state index in [9.17, 15) is 9.59 Å². The van der Waals surface area contributed by atoms with E-state index in [4.69, 9.17) is 9.47 Å². The van der Waals surface area contributed by atoms with E-state index in [1.165, 1.54) is 31.2 Å². The summed E-state index contributed by atoms with van der Waals surface area (Å²) in [5, 5.41) is 0. The van der Waals surface area contributed by atoms with Crippen molar-refractivity contribution < 1.29 is 19.1 Å². The van der Waals surface area contributed by atoms with Crippen LogP contribution in [0.2, 0.25) is 0 Å². The Kier molecular flexibility index (Phi) is 9.42. The Labute approximate surface area is 174 Å². The first kappa shape index (κ1) is 22.7. The van der Waals surface area contributed by atoms with Crippen LogP contribution >= 0.6 is 0 Å². The number of benzene rings is 2. The Balaban J connectivity index is 1.79. The fourth-order valence-corrected chi connectivity index (χ4v) is 2.96. The van der Waals surface area contributed by atoms with Crippen molar-refractivity contribution >= 4 is 11.9 Å². The average Bonchev–Trinajstić information content (AvgIpc) is 2.73. The van der Waals surface area contributed by atoms with Gasteiger partial charge in [0.25, 0.3) is 0 Å². The SMILES string of the molecule is CCCCCCCCOC(=O)c1ccc(C(=O)Oc2ccc(C(C)C)cc2)cc1. The van der Waals surface area contributed by atoms with Gasteiger partial charge in [0, 0.05) is 0 Å². The summed E-state index contributed by atoms with van der Waals surface area (Å²) < 4.78 is 10.7. The molecule has 2 aromatic rings. The van der Waals surface area contributed by atoms with Gasteiger partial charge in [-0.1, -0.05) is 65.0 Å². The summed E-state index contributed by atoms with van der Waals surface area (Å²) in [6.45, 7) is 6.85. The molecule has 0 aliphatic carbocycles. The van der Waals surface area contributed by atoms with Crippen LogP contribution in [-0.2, 0) is 4.74 Å². The van der Waals surface area contributed by atoms with Crippen molar-refractivity contribution in [1.82, 2.24) is 0 Å². The van der Waals surface area contributed by atoms with Crippen molar-refractivity contribution in [1.29, 1.82) is 0 Å². The first-order valence-corrected chi connectivity index (χ1v) is 10.6. The standard InChI is InChI=1S/C25H32O4/c1-4-5-6-7-8-9-18-28-24(26)21-10-12-22(13-11-21)25(27)29-23-16-14-20(15-17-23)19(2)3/h10-17,19H,4-9,18H2,1-3H3. The molecule has 0 aliphatic rings. The van der Waals surface area contributed by atoms with Crippen LogP contribution in [0.1, 0.15) is 91.5 Å². The van der Waals surface area contributed by atoms with Crippen LogP contribution in [0.3, 0.4) is 0 Å². The minimum absolute atomic E-state index is 0.359. The molecule has 0 saturated carbocycles. The monoisotopic (exact) mass is 396 g/mol. The van der Waals surface area contributed by atoms with E-state index >= 15 is 0 Å². The third kappa shape index (κ3) is 7.72. The van der Waals surface area contributed by atoms with Crippen LogP contribution < -0.4 is 4.74 Å². The Bertz CT molecular complexity index is 760. The summed E-state index contributed by atoms with van der Waals surface area (Å²) in [4.78, 5) is 24.4. The molecule has 0 heterocycles. The van der Waals surface area contributed by atoms with Gasteiger partial charge in [-0.25, -0.2) is 9.59 Å². The summed E-state index contributed by atoms with van der Waals surface area (Å²) in [5.74, 6) is 0.118. The fraction of sp³-hybridized carbons (Fsp3) is 0.440. The molecule has 29 heavy (non-hydrogen) atoms. The molecular formula is C25H32O4. The van der Waals surface area contributed by atoms with Crippen molar-refractivity contribution in [3.63, 3.8) is 0 Å². The molecule has 0 N–H and O–H groups in total. The van der Waals surface area contributed by atoms with E-state index < -0.39 is 5.97 Å². The Morgan fingerprint density at radius 3 is 1.90 bits per heavy atom. The zero-order valence-electron chi connectivity index (χ0n) is 17.8. The number of carbonyl (C=O) groups is 2. The summed E-state index contributed by atoms with van der Waals surface area (Å²) in [6.07, 6.45) is 6.87. The number of hydrogen-bond donors (Lipinski definition) is 0. The maximum absolute atomic E-state index is 12.3. The summed E-state index contributed by atoms with van der Waals surface area (Å²) in [6, 6.07) is 13.9. The molecule has 0 atom stereocenters. The normalized spacial score (nSPS) is 10.8. The molecule has 0 aromatic heterocycles. The van der Waals surface area contributed by atoms with Gasteiger partial charge in [0.1, 0.15) is 5.75 Å². The topological polar surface area (TPSA) is 52.6 Å². The summed E-state index contributed by atoms with van der Waals surface area (Å²) >= 11 is 0. The van der Waals surface area contributed by atoms with Gasteiger partial charge in [-0.15, -0.1) is 0 Å². The van der Waals surface area contributed by atoms with Crippen molar-refractivity contribution in [3.05, 3.63) is 65.2 Å². The second kappa shape index (κ2) is 12.1. The highest BCUT2D eigenvalue weighted by atomic mass is 16.5. The molecule has 0 radical (unpaired) electrons. The van der Waals surface area contributed by atoms with Gasteiger partial charge in [-0.05, 0) is 54.3 Å². The van der Waals surface area contributed by atoms with Crippen LogP contribution in [0, 0.1) is 0 Å². The Hall–Kier alpha value is -2.62. The van der Waals surface area contributed by atoms with E-state index in [2.05, 4.69) is 20.8 Å². The van der Waals surface area contributed by atoms with E-state index in [1.807, 2.05) is 12.1 Å². The van der Waals surface area contributed by atoms with Gasteiger partial charge in [-0.2, -0.15) is 0 Å². The van der Waals surface area contributed by atoms with E-state index in [0.29, 0.717) is 29.4 Å². The van der Waals surface area contributed by atoms with Gasteiger partial charge in [0.15, 0.2) is 0 Å².